The Labute approximate surface area is 574 Å². The minimum atomic E-state index is -0.664. The van der Waals surface area contributed by atoms with Crippen LogP contribution in [0.2, 0.25) is 0 Å². The smallest absolute Gasteiger partial charge is 0.311 e. The normalized spacial score (nSPS) is 15.7. The van der Waals surface area contributed by atoms with Crippen molar-refractivity contribution in [1.29, 1.82) is 0 Å². The van der Waals surface area contributed by atoms with E-state index in [0.29, 0.717) is 117 Å². The molecular weight excluding hydrogens is 1200 g/mol. The predicted octanol–water partition coefficient (Wildman–Crippen LogP) is 15.1. The van der Waals surface area contributed by atoms with Gasteiger partial charge in [0.25, 0.3) is 0 Å². The van der Waals surface area contributed by atoms with E-state index in [0.717, 1.165) is 45.3 Å². The van der Waals surface area contributed by atoms with Gasteiger partial charge in [-0.1, -0.05) is 158 Å². The van der Waals surface area contributed by atoms with Gasteiger partial charge in [0, 0.05) is 25.2 Å². The maximum Gasteiger partial charge on any atom is 0.311 e. The second kappa shape index (κ2) is 47.6. The fourth-order valence-electron chi connectivity index (χ4n) is 8.98. The van der Waals surface area contributed by atoms with E-state index in [4.69, 9.17) is 37.9 Å². The van der Waals surface area contributed by atoms with Crippen molar-refractivity contribution >= 4 is 47.8 Å². The molecule has 94 heavy (non-hydrogen) atoms. The second-order valence-corrected chi connectivity index (χ2v) is 32.0. The Morgan fingerprint density at radius 2 is 0.606 bits per heavy atom. The van der Waals surface area contributed by atoms with Crippen LogP contribution in [0.25, 0.3) is 0 Å². The molecular formula is C75H145N3O16. The molecule has 0 aromatic rings. The van der Waals surface area contributed by atoms with Gasteiger partial charge in [-0.15, -0.1) is 0 Å². The Hall–Kier alpha value is -4.36. The topological polar surface area (TPSA) is 229 Å². The highest BCUT2D eigenvalue weighted by molar-refractivity contribution is 5.81. The lowest BCUT2D eigenvalue weighted by Crippen LogP contribution is -2.38. The number of carbonyl (C=O) groups is 8. The fraction of sp³-hybridized carbons (Fsp3) is 0.893. The highest BCUT2D eigenvalue weighted by atomic mass is 16.6. The maximum atomic E-state index is 12.5. The van der Waals surface area contributed by atoms with E-state index < -0.39 is 21.7 Å². The number of ether oxygens (including phenoxy) is 8. The van der Waals surface area contributed by atoms with Crippen molar-refractivity contribution < 1.29 is 76.3 Å². The van der Waals surface area contributed by atoms with Gasteiger partial charge in [0.2, 0.25) is 0 Å². The van der Waals surface area contributed by atoms with E-state index in [-0.39, 0.29) is 93.2 Å². The molecule has 0 aliphatic carbocycles. The van der Waals surface area contributed by atoms with Crippen molar-refractivity contribution in [3.05, 3.63) is 0 Å². The number of nitrogens with zero attached hydrogens (tertiary/aromatic N) is 2. The maximum absolute atomic E-state index is 12.5. The van der Waals surface area contributed by atoms with Gasteiger partial charge in [0.1, 0.15) is 19.8 Å². The third-order valence-corrected chi connectivity index (χ3v) is 16.4. The van der Waals surface area contributed by atoms with Crippen LogP contribution in [0, 0.1) is 61.6 Å². The largest absolute Gasteiger partial charge is 0.465 e. The zero-order valence-electron chi connectivity index (χ0n) is 65.9. The van der Waals surface area contributed by atoms with E-state index in [9.17, 15) is 38.4 Å². The molecule has 0 aromatic heterocycles. The summed E-state index contributed by atoms with van der Waals surface area (Å²) >= 11 is 0. The lowest BCUT2D eigenvalue weighted by Gasteiger charge is -2.30. The third kappa shape index (κ3) is 46.0. The number of carbonyl (C=O) groups excluding carboxylic acids is 8. The number of hydrogen-bond acceptors (Lipinski definition) is 19. The molecule has 0 saturated heterocycles. The molecule has 0 aliphatic rings. The van der Waals surface area contributed by atoms with Crippen LogP contribution in [0.3, 0.4) is 0 Å². The Morgan fingerprint density at radius 3 is 0.851 bits per heavy atom. The molecule has 19 nitrogen and oxygen atoms in total. The van der Waals surface area contributed by atoms with Gasteiger partial charge in [-0.05, 0) is 156 Å². The third-order valence-electron chi connectivity index (χ3n) is 16.4. The monoisotopic (exact) mass is 1340 g/mol. The highest BCUT2D eigenvalue weighted by Gasteiger charge is 2.41. The quantitative estimate of drug-likeness (QED) is 0.0341. The van der Waals surface area contributed by atoms with Crippen LogP contribution in [0.1, 0.15) is 271 Å². The van der Waals surface area contributed by atoms with Gasteiger partial charge < -0.3 is 53.0 Å². The van der Waals surface area contributed by atoms with Gasteiger partial charge in [-0.25, -0.2) is 0 Å². The Kier molecular flexibility index (Phi) is 48.6. The highest BCUT2D eigenvalue weighted by Crippen LogP contribution is 2.36. The van der Waals surface area contributed by atoms with E-state index >= 15 is 0 Å². The molecule has 1 N–H and O–H groups in total. The number of esters is 8. The number of unbranched alkanes of at least 4 members (excludes halogenated alkanes) is 2. The lowest BCUT2D eigenvalue weighted by atomic mass is 9.79. The SMILES string of the molecule is CCC(C)(CC(C)C(=O)OCCN(C)C)C(=O)OCC(C)(C)C.CCCCOC(=O)C(C)(CC)CC(C)C(=O)OCCNC(C)(C)C.CCCCOC(=O)C(C)CC(C)(CC)C(=O)OCC(C)(C)C.CCN(CC)CCOC(=O)C(C)CC(C)(CC)C(=O)OCC(C)(C)C. The molecule has 556 valence electrons. The van der Waals surface area contributed by atoms with E-state index in [1.807, 2.05) is 164 Å². The van der Waals surface area contributed by atoms with Crippen LogP contribution in [0.5, 0.6) is 0 Å². The van der Waals surface area contributed by atoms with Gasteiger partial charge in [0.05, 0.1) is 78.4 Å². The summed E-state index contributed by atoms with van der Waals surface area (Å²) in [5.74, 6) is -3.17. The fourth-order valence-corrected chi connectivity index (χ4v) is 8.98. The first-order valence-electron chi connectivity index (χ1n) is 35.5. The predicted molar refractivity (Wildman–Crippen MR) is 379 cm³/mol. The van der Waals surface area contributed by atoms with Crippen LogP contribution in [-0.4, -0.2) is 163 Å². The van der Waals surface area contributed by atoms with Gasteiger partial charge >= 0.3 is 47.8 Å². The minimum Gasteiger partial charge on any atom is -0.465 e. The van der Waals surface area contributed by atoms with Crippen LogP contribution >= 0.6 is 0 Å². The molecule has 0 aliphatic heterocycles. The molecule has 0 fully saturated rings. The average Bonchev–Trinajstić information content (AvgIpc) is 0.891. The van der Waals surface area contributed by atoms with Gasteiger partial charge in [-0.3, -0.25) is 38.4 Å². The van der Waals surface area contributed by atoms with Crippen molar-refractivity contribution in [2.75, 3.05) is 99.7 Å². The number of likely N-dealkylation sites (N-methyl/N-ethyl adjacent to an activating group) is 2. The number of nitrogens with one attached hydrogen (secondary N) is 1. The molecule has 0 saturated carbocycles. The first kappa shape index (κ1) is 96.0. The Morgan fingerprint density at radius 1 is 0.351 bits per heavy atom. The Balaban J connectivity index is -0.000000575. The minimum absolute atomic E-state index is 0.00105. The van der Waals surface area contributed by atoms with E-state index in [2.05, 4.69) is 58.7 Å². The number of hydrogen-bond donors (Lipinski definition) is 1. The summed E-state index contributed by atoms with van der Waals surface area (Å²) < 4.78 is 43.0. The van der Waals surface area contributed by atoms with Crippen LogP contribution in [0.4, 0.5) is 0 Å². The molecule has 0 spiro atoms. The standard InChI is InChI=1S/C20H39NO4.C19H37NO4.C18H35NO4.C18H34O4/c1-9-20(8,18(23)25-15-19(5,6)7)14-16(4)17(22)24-13-12-21(10-2)11-3;1-8-10-12-24-17(22)19(7,9-2)14-15(3)16(21)23-13-11-20-18(4,5)6;1-9-18(6,16(21)23-13-17(3,4)5)12-14(2)15(20)22-11-10-19(7)8;1-8-10-11-21-15(19)14(3)12-18(7,9-2)16(20)22-13-17(4,5)6/h16H,9-15H2,1-8H3;15,20H,8-14H2,1-7H3;14H,9-13H2,1-8H3;14H,8-13H2,1-7H3. The Bertz CT molecular complexity index is 2140. The van der Waals surface area contributed by atoms with Crippen LogP contribution in [-0.2, 0) is 76.3 Å². The first-order valence-corrected chi connectivity index (χ1v) is 35.5. The molecule has 0 heterocycles. The molecule has 19 heteroatoms. The van der Waals surface area contributed by atoms with Crippen LogP contribution in [0.15, 0.2) is 0 Å². The van der Waals surface area contributed by atoms with Crippen molar-refractivity contribution in [3.8, 4) is 0 Å². The molecule has 0 amide bonds. The van der Waals surface area contributed by atoms with Crippen LogP contribution < -0.4 is 5.32 Å². The summed E-state index contributed by atoms with van der Waals surface area (Å²) in [4.78, 5) is 102. The molecule has 0 bridgehead atoms. The molecule has 0 aromatic carbocycles. The summed E-state index contributed by atoms with van der Waals surface area (Å²) in [6.07, 6.45) is 8.04. The van der Waals surface area contributed by atoms with Crippen molar-refractivity contribution in [1.82, 2.24) is 15.1 Å². The zero-order valence-corrected chi connectivity index (χ0v) is 65.9. The molecule has 0 rings (SSSR count). The van der Waals surface area contributed by atoms with Gasteiger partial charge in [0.15, 0.2) is 0 Å². The summed E-state index contributed by atoms with van der Waals surface area (Å²) in [6.45, 7) is 62.3. The lowest BCUT2D eigenvalue weighted by molar-refractivity contribution is -0.162. The number of rotatable bonds is 40. The van der Waals surface area contributed by atoms with E-state index in [1.165, 1.54) is 0 Å². The molecule has 0 radical (unpaired) electrons. The first-order chi connectivity index (χ1) is 43.0. The second-order valence-electron chi connectivity index (χ2n) is 32.0. The van der Waals surface area contributed by atoms with Crippen molar-refractivity contribution in [3.63, 3.8) is 0 Å². The summed E-state index contributed by atoms with van der Waals surface area (Å²) in [6, 6.07) is 0. The van der Waals surface area contributed by atoms with Gasteiger partial charge in [-0.2, -0.15) is 0 Å². The average molecular weight is 1340 g/mol. The zero-order chi connectivity index (χ0) is 74.1. The summed E-state index contributed by atoms with van der Waals surface area (Å²) in [5.41, 5.74) is -2.81. The molecule has 8 atom stereocenters. The molecule has 8 unspecified atom stereocenters. The van der Waals surface area contributed by atoms with E-state index in [1.54, 1.807) is 0 Å². The summed E-state index contributed by atoms with van der Waals surface area (Å²) in [7, 11) is 3.85. The summed E-state index contributed by atoms with van der Waals surface area (Å²) in [5, 5.41) is 3.27. The van der Waals surface area contributed by atoms with Crippen molar-refractivity contribution in [2.24, 2.45) is 61.6 Å². The van der Waals surface area contributed by atoms with Crippen molar-refractivity contribution in [2.45, 2.75) is 276 Å².